The molecule has 1 N–H and O–H groups in total. The average molecular weight is 235 g/mol. The van der Waals surface area contributed by atoms with E-state index in [2.05, 4.69) is 0 Å². The van der Waals surface area contributed by atoms with Crippen molar-refractivity contribution in [2.24, 2.45) is 0 Å². The summed E-state index contributed by atoms with van der Waals surface area (Å²) in [5, 5.41) is 8.94. The molecule has 0 saturated carbocycles. The quantitative estimate of drug-likeness (QED) is 0.798. The number of carboxylic acid groups (broad SMARTS) is 1. The lowest BCUT2D eigenvalue weighted by Gasteiger charge is -2.19. The predicted octanol–water partition coefficient (Wildman–Crippen LogP) is 1.34. The number of carbonyl (C=O) groups excluding carboxylic acids is 1. The van der Waals surface area contributed by atoms with E-state index in [1.165, 1.54) is 16.7 Å². The minimum absolute atomic E-state index is 0.107. The summed E-state index contributed by atoms with van der Waals surface area (Å²) in [6.45, 7) is 0. The van der Waals surface area contributed by atoms with E-state index in [1.54, 1.807) is 12.1 Å². The largest absolute Gasteiger partial charge is 0.480 e. The van der Waals surface area contributed by atoms with Gasteiger partial charge in [0.2, 0.25) is 0 Å². The van der Waals surface area contributed by atoms with Gasteiger partial charge in [-0.25, -0.2) is 4.79 Å². The summed E-state index contributed by atoms with van der Waals surface area (Å²) >= 11 is 1.52. The monoisotopic (exact) mass is 235 g/mol. The van der Waals surface area contributed by atoms with Gasteiger partial charge >= 0.3 is 5.97 Å². The van der Waals surface area contributed by atoms with Crippen LogP contribution in [-0.2, 0) is 4.79 Å². The average Bonchev–Trinajstić information content (AvgIpc) is 2.81. The second kappa shape index (κ2) is 3.25. The van der Waals surface area contributed by atoms with E-state index in [1.807, 2.05) is 12.1 Å². The van der Waals surface area contributed by atoms with Crippen molar-refractivity contribution in [1.82, 2.24) is 4.90 Å². The second-order valence-corrected chi connectivity index (χ2v) is 4.95. The lowest BCUT2D eigenvalue weighted by atomic mass is 10.1. The van der Waals surface area contributed by atoms with Crippen LogP contribution < -0.4 is 0 Å². The van der Waals surface area contributed by atoms with Crippen LogP contribution in [0.2, 0.25) is 0 Å². The fourth-order valence-corrected chi connectivity index (χ4v) is 3.69. The van der Waals surface area contributed by atoms with Crippen molar-refractivity contribution in [1.29, 1.82) is 0 Å². The maximum atomic E-state index is 12.0. The van der Waals surface area contributed by atoms with E-state index in [4.69, 9.17) is 5.11 Å². The topological polar surface area (TPSA) is 57.6 Å². The number of benzene rings is 1. The Labute approximate surface area is 96.2 Å². The molecule has 2 aliphatic heterocycles. The molecule has 0 aromatic heterocycles. The van der Waals surface area contributed by atoms with Gasteiger partial charge in [0.25, 0.3) is 5.91 Å². The number of rotatable bonds is 1. The first-order chi connectivity index (χ1) is 7.70. The molecular formula is C11H9NO3S. The first-order valence-corrected chi connectivity index (χ1v) is 6.01. The fourth-order valence-electron chi connectivity index (χ4n) is 2.23. The highest BCUT2D eigenvalue weighted by Crippen LogP contribution is 2.47. The number of nitrogens with zero attached hydrogens (tertiary/aromatic N) is 1. The van der Waals surface area contributed by atoms with Crippen LogP contribution in [0, 0.1) is 0 Å². The smallest absolute Gasteiger partial charge is 0.327 e. The molecule has 2 heterocycles. The van der Waals surface area contributed by atoms with Crippen LogP contribution in [-0.4, -0.2) is 33.7 Å². The van der Waals surface area contributed by atoms with Gasteiger partial charge in [-0.1, -0.05) is 18.2 Å². The van der Waals surface area contributed by atoms with Crippen LogP contribution in [0.1, 0.15) is 21.3 Å². The molecule has 4 nitrogen and oxygen atoms in total. The highest BCUT2D eigenvalue weighted by atomic mass is 32.2. The number of carboxylic acids is 1. The molecule has 1 aromatic carbocycles. The molecule has 16 heavy (non-hydrogen) atoms. The number of amides is 1. The fraction of sp³-hybridized carbons (Fsp3) is 0.273. The van der Waals surface area contributed by atoms with Gasteiger partial charge in [-0.2, -0.15) is 0 Å². The molecule has 1 saturated heterocycles. The minimum atomic E-state index is -0.920. The minimum Gasteiger partial charge on any atom is -0.480 e. The van der Waals surface area contributed by atoms with Crippen LogP contribution in [0.3, 0.4) is 0 Å². The zero-order valence-electron chi connectivity index (χ0n) is 8.29. The third-order valence-corrected chi connectivity index (χ3v) is 4.28. The van der Waals surface area contributed by atoms with Crippen molar-refractivity contribution in [3.63, 3.8) is 0 Å². The van der Waals surface area contributed by atoms with Gasteiger partial charge in [0.05, 0.1) is 0 Å². The summed E-state index contributed by atoms with van der Waals surface area (Å²) in [5.74, 6) is -0.603. The number of fused-ring (bicyclic) bond motifs is 3. The van der Waals surface area contributed by atoms with Crippen LogP contribution >= 0.6 is 11.8 Å². The van der Waals surface area contributed by atoms with Gasteiger partial charge in [-0.15, -0.1) is 11.8 Å². The van der Waals surface area contributed by atoms with Gasteiger partial charge in [0.15, 0.2) is 0 Å². The molecule has 1 amide bonds. The van der Waals surface area contributed by atoms with E-state index in [0.717, 1.165) is 5.56 Å². The molecule has 1 fully saturated rings. The van der Waals surface area contributed by atoms with Gasteiger partial charge in [0.1, 0.15) is 11.4 Å². The molecule has 0 unspecified atom stereocenters. The Morgan fingerprint density at radius 1 is 1.44 bits per heavy atom. The lowest BCUT2D eigenvalue weighted by Crippen LogP contribution is -2.39. The number of hydrogen-bond acceptors (Lipinski definition) is 3. The first kappa shape index (κ1) is 9.72. The molecule has 82 valence electrons. The van der Waals surface area contributed by atoms with Gasteiger partial charge in [0, 0.05) is 11.3 Å². The van der Waals surface area contributed by atoms with Crippen LogP contribution in [0.4, 0.5) is 0 Å². The number of aliphatic carboxylic acids is 1. The van der Waals surface area contributed by atoms with Crippen molar-refractivity contribution >= 4 is 23.6 Å². The molecule has 0 aliphatic carbocycles. The van der Waals surface area contributed by atoms with Crippen molar-refractivity contribution in [3.05, 3.63) is 35.4 Å². The van der Waals surface area contributed by atoms with E-state index < -0.39 is 12.0 Å². The van der Waals surface area contributed by atoms with E-state index in [9.17, 15) is 9.59 Å². The Balaban J connectivity index is 2.07. The third-order valence-electron chi connectivity index (χ3n) is 2.98. The Morgan fingerprint density at radius 2 is 2.19 bits per heavy atom. The van der Waals surface area contributed by atoms with Gasteiger partial charge < -0.3 is 10.0 Å². The van der Waals surface area contributed by atoms with Crippen LogP contribution in [0.25, 0.3) is 0 Å². The van der Waals surface area contributed by atoms with Gasteiger partial charge in [-0.05, 0) is 11.6 Å². The van der Waals surface area contributed by atoms with Crippen molar-refractivity contribution in [3.8, 4) is 0 Å². The van der Waals surface area contributed by atoms with Crippen molar-refractivity contribution in [2.75, 3.05) is 5.75 Å². The summed E-state index contributed by atoms with van der Waals surface area (Å²) < 4.78 is 0. The maximum absolute atomic E-state index is 12.0. The van der Waals surface area contributed by atoms with Crippen LogP contribution in [0.15, 0.2) is 24.3 Å². The molecule has 0 spiro atoms. The Bertz CT molecular complexity index is 488. The van der Waals surface area contributed by atoms with E-state index >= 15 is 0 Å². The number of thioether (sulfide) groups is 1. The van der Waals surface area contributed by atoms with Gasteiger partial charge in [-0.3, -0.25) is 4.79 Å². The van der Waals surface area contributed by atoms with E-state index in [0.29, 0.717) is 11.3 Å². The van der Waals surface area contributed by atoms with E-state index in [-0.39, 0.29) is 11.3 Å². The maximum Gasteiger partial charge on any atom is 0.327 e. The summed E-state index contributed by atoms with van der Waals surface area (Å²) in [4.78, 5) is 24.6. The summed E-state index contributed by atoms with van der Waals surface area (Å²) in [6, 6.07) is 6.66. The molecule has 0 radical (unpaired) electrons. The molecule has 0 bridgehead atoms. The molecule has 1 aromatic rings. The normalized spacial score (nSPS) is 26.8. The highest BCUT2D eigenvalue weighted by Gasteiger charge is 2.48. The van der Waals surface area contributed by atoms with Crippen molar-refractivity contribution < 1.29 is 14.7 Å². The Kier molecular flexibility index (Phi) is 1.97. The third kappa shape index (κ3) is 1.12. The zero-order valence-corrected chi connectivity index (χ0v) is 9.11. The standard InChI is InChI=1S/C11H9NO3S/c13-9-6-3-1-2-4-7(6)10-12(9)8(5-16-10)11(14)15/h1-4,8,10H,5H2,(H,14,15)/t8-,10+/m0/s1. The first-order valence-electron chi connectivity index (χ1n) is 4.96. The van der Waals surface area contributed by atoms with Crippen LogP contribution in [0.5, 0.6) is 0 Å². The molecule has 2 atom stereocenters. The predicted molar refractivity (Wildman–Crippen MR) is 59.2 cm³/mol. The molecule has 5 heteroatoms. The van der Waals surface area contributed by atoms with Crippen molar-refractivity contribution in [2.45, 2.75) is 11.4 Å². The zero-order chi connectivity index (χ0) is 11.3. The number of hydrogen-bond donors (Lipinski definition) is 1. The molecular weight excluding hydrogens is 226 g/mol. The Hall–Kier alpha value is -1.49. The summed E-state index contributed by atoms with van der Waals surface area (Å²) in [6.07, 6.45) is 0. The summed E-state index contributed by atoms with van der Waals surface area (Å²) in [5.41, 5.74) is 1.59. The molecule has 3 rings (SSSR count). The Morgan fingerprint density at radius 3 is 2.94 bits per heavy atom. The SMILES string of the molecule is O=C(O)[C@@H]1CS[C@@H]2c3ccccc3C(=O)N21. The molecule has 2 aliphatic rings. The lowest BCUT2D eigenvalue weighted by molar-refractivity contribution is -0.141. The second-order valence-electron chi connectivity index (χ2n) is 3.84. The highest BCUT2D eigenvalue weighted by molar-refractivity contribution is 7.99. The number of carbonyl (C=O) groups is 2. The summed E-state index contributed by atoms with van der Waals surface area (Å²) in [7, 11) is 0.